The quantitative estimate of drug-likeness (QED) is 0.577. The first-order valence-electron chi connectivity index (χ1n) is 5.49. The van der Waals surface area contributed by atoms with Gasteiger partial charge in [0.05, 0.1) is 10.6 Å². The highest BCUT2D eigenvalue weighted by Crippen LogP contribution is 2.31. The van der Waals surface area contributed by atoms with Crippen LogP contribution < -0.4 is 5.32 Å². The molecule has 1 heterocycles. The maximum absolute atomic E-state index is 11.0. The Morgan fingerprint density at radius 3 is 2.57 bits per heavy atom. The highest BCUT2D eigenvalue weighted by molar-refractivity contribution is 9.11. The number of aromatic nitrogens is 1. The molecule has 9 heteroatoms. The number of anilines is 2. The molecule has 7 nitrogen and oxygen atoms in total. The molecule has 0 saturated heterocycles. The van der Waals surface area contributed by atoms with Gasteiger partial charge < -0.3 is 10.4 Å². The standard InChI is InChI=1S/C12H7Br2N3O4/c13-6-1-2-8(7(14)5-6)15-11-10(17(20)21)4-3-9(16-11)12(18)19/h1-5H,(H,15,16)(H,18,19). The van der Waals surface area contributed by atoms with E-state index in [1.165, 1.54) is 0 Å². The molecule has 0 aliphatic heterocycles. The zero-order chi connectivity index (χ0) is 15.6. The lowest BCUT2D eigenvalue weighted by atomic mass is 10.3. The number of carboxylic acids is 1. The maximum Gasteiger partial charge on any atom is 0.354 e. The van der Waals surface area contributed by atoms with Crippen LogP contribution in [0.15, 0.2) is 39.3 Å². The van der Waals surface area contributed by atoms with E-state index in [4.69, 9.17) is 5.11 Å². The zero-order valence-electron chi connectivity index (χ0n) is 10.2. The van der Waals surface area contributed by atoms with E-state index < -0.39 is 10.9 Å². The Kier molecular flexibility index (Phi) is 4.53. The second kappa shape index (κ2) is 6.19. The number of nitrogens with one attached hydrogen (secondary N) is 1. The Hall–Kier alpha value is -2.00. The summed E-state index contributed by atoms with van der Waals surface area (Å²) in [6, 6.07) is 7.34. The lowest BCUT2D eigenvalue weighted by Crippen LogP contribution is -2.06. The highest BCUT2D eigenvalue weighted by Gasteiger charge is 2.19. The minimum Gasteiger partial charge on any atom is -0.477 e. The third-order valence-electron chi connectivity index (χ3n) is 2.47. The van der Waals surface area contributed by atoms with Crippen molar-refractivity contribution in [2.45, 2.75) is 0 Å². The van der Waals surface area contributed by atoms with Crippen LogP contribution in [0.1, 0.15) is 10.5 Å². The van der Waals surface area contributed by atoms with Crippen molar-refractivity contribution in [3.8, 4) is 0 Å². The lowest BCUT2D eigenvalue weighted by Gasteiger charge is -2.09. The predicted octanol–water partition coefficient (Wildman–Crippen LogP) is 3.96. The average Bonchev–Trinajstić information content (AvgIpc) is 2.41. The second-order valence-electron chi connectivity index (χ2n) is 3.88. The van der Waals surface area contributed by atoms with Crippen molar-refractivity contribution in [1.82, 2.24) is 4.98 Å². The average molecular weight is 417 g/mol. The van der Waals surface area contributed by atoms with Gasteiger partial charge in [0.1, 0.15) is 0 Å². The van der Waals surface area contributed by atoms with Crippen molar-refractivity contribution >= 4 is 55.0 Å². The van der Waals surface area contributed by atoms with Gasteiger partial charge in [0.15, 0.2) is 5.69 Å². The molecule has 21 heavy (non-hydrogen) atoms. The molecule has 108 valence electrons. The fourth-order valence-corrected chi connectivity index (χ4v) is 2.67. The van der Waals surface area contributed by atoms with Crippen LogP contribution in [0, 0.1) is 10.1 Å². The third-order valence-corrected chi connectivity index (χ3v) is 3.62. The molecule has 0 unspecified atom stereocenters. The summed E-state index contributed by atoms with van der Waals surface area (Å²) in [5.74, 6) is -1.40. The number of hydrogen-bond acceptors (Lipinski definition) is 5. The molecule has 0 fully saturated rings. The first-order chi connectivity index (χ1) is 9.88. The molecule has 0 spiro atoms. The van der Waals surface area contributed by atoms with Crippen molar-refractivity contribution in [2.24, 2.45) is 0 Å². The number of carboxylic acid groups (broad SMARTS) is 1. The Labute approximate surface area is 135 Å². The number of pyridine rings is 1. The van der Waals surface area contributed by atoms with E-state index >= 15 is 0 Å². The Morgan fingerprint density at radius 2 is 2.00 bits per heavy atom. The summed E-state index contributed by atoms with van der Waals surface area (Å²) in [7, 11) is 0. The minimum absolute atomic E-state index is 0.136. The van der Waals surface area contributed by atoms with Crippen molar-refractivity contribution in [2.75, 3.05) is 5.32 Å². The van der Waals surface area contributed by atoms with E-state index in [0.717, 1.165) is 16.6 Å². The molecular formula is C12H7Br2N3O4. The maximum atomic E-state index is 11.0. The molecule has 2 N–H and O–H groups in total. The Bertz CT molecular complexity index is 736. The first-order valence-corrected chi connectivity index (χ1v) is 7.08. The van der Waals surface area contributed by atoms with Gasteiger partial charge in [-0.05, 0) is 40.2 Å². The van der Waals surface area contributed by atoms with Gasteiger partial charge in [-0.2, -0.15) is 0 Å². The van der Waals surface area contributed by atoms with E-state index in [-0.39, 0.29) is 17.2 Å². The second-order valence-corrected chi connectivity index (χ2v) is 5.65. The molecule has 0 atom stereocenters. The monoisotopic (exact) mass is 415 g/mol. The SMILES string of the molecule is O=C(O)c1ccc([N+](=O)[O-])c(Nc2ccc(Br)cc2Br)n1. The Balaban J connectivity index is 2.48. The summed E-state index contributed by atoms with van der Waals surface area (Å²) in [4.78, 5) is 25.1. The number of hydrogen-bond donors (Lipinski definition) is 2. The van der Waals surface area contributed by atoms with E-state index in [0.29, 0.717) is 10.2 Å². The van der Waals surface area contributed by atoms with Crippen LogP contribution in [0.25, 0.3) is 0 Å². The van der Waals surface area contributed by atoms with Crippen LogP contribution in [0.3, 0.4) is 0 Å². The number of benzene rings is 1. The van der Waals surface area contributed by atoms with Crippen molar-refractivity contribution in [3.63, 3.8) is 0 Å². The van der Waals surface area contributed by atoms with E-state index in [9.17, 15) is 14.9 Å². The topological polar surface area (TPSA) is 105 Å². The van der Waals surface area contributed by atoms with E-state index in [1.54, 1.807) is 18.2 Å². The van der Waals surface area contributed by atoms with Crippen molar-refractivity contribution < 1.29 is 14.8 Å². The van der Waals surface area contributed by atoms with Gasteiger partial charge in [-0.3, -0.25) is 10.1 Å². The van der Waals surface area contributed by atoms with E-state index in [2.05, 4.69) is 42.2 Å². The largest absolute Gasteiger partial charge is 0.477 e. The lowest BCUT2D eigenvalue weighted by molar-refractivity contribution is -0.384. The molecule has 0 bridgehead atoms. The molecule has 0 amide bonds. The fraction of sp³-hybridized carbons (Fsp3) is 0. The van der Waals surface area contributed by atoms with Crippen LogP contribution in [0.4, 0.5) is 17.2 Å². The van der Waals surface area contributed by atoms with Crippen molar-refractivity contribution in [3.05, 3.63) is 55.1 Å². The van der Waals surface area contributed by atoms with E-state index in [1.807, 2.05) is 0 Å². The van der Waals surface area contributed by atoms with Gasteiger partial charge >= 0.3 is 11.7 Å². The number of halogens is 2. The summed E-state index contributed by atoms with van der Waals surface area (Å²) in [6.07, 6.45) is 0. The summed E-state index contributed by atoms with van der Waals surface area (Å²) in [5.41, 5.74) is -0.0671. The first kappa shape index (κ1) is 15.4. The molecule has 1 aromatic heterocycles. The van der Waals surface area contributed by atoms with Crippen LogP contribution in [0.2, 0.25) is 0 Å². The van der Waals surface area contributed by atoms with Crippen LogP contribution in [0.5, 0.6) is 0 Å². The number of carbonyl (C=O) groups is 1. The normalized spacial score (nSPS) is 10.2. The molecule has 2 rings (SSSR count). The summed E-state index contributed by atoms with van der Waals surface area (Å²) < 4.78 is 1.47. The summed E-state index contributed by atoms with van der Waals surface area (Å²) in [6.45, 7) is 0. The van der Waals surface area contributed by atoms with Crippen LogP contribution in [-0.2, 0) is 0 Å². The molecule has 0 aliphatic rings. The molecule has 0 radical (unpaired) electrons. The zero-order valence-corrected chi connectivity index (χ0v) is 13.4. The smallest absolute Gasteiger partial charge is 0.354 e. The number of nitro groups is 1. The highest BCUT2D eigenvalue weighted by atomic mass is 79.9. The number of nitrogens with zero attached hydrogens (tertiary/aromatic N) is 2. The number of rotatable bonds is 4. The Morgan fingerprint density at radius 1 is 1.29 bits per heavy atom. The number of aromatic carboxylic acids is 1. The molecule has 1 aromatic carbocycles. The minimum atomic E-state index is -1.26. The van der Waals surface area contributed by atoms with Gasteiger partial charge in [-0.25, -0.2) is 9.78 Å². The molecular weight excluding hydrogens is 410 g/mol. The van der Waals surface area contributed by atoms with Gasteiger partial charge in [0, 0.05) is 15.0 Å². The van der Waals surface area contributed by atoms with Crippen molar-refractivity contribution in [1.29, 1.82) is 0 Å². The van der Waals surface area contributed by atoms with Crippen LogP contribution >= 0.6 is 31.9 Å². The third kappa shape index (κ3) is 3.56. The van der Waals surface area contributed by atoms with Crippen LogP contribution in [-0.4, -0.2) is 21.0 Å². The van der Waals surface area contributed by atoms with Gasteiger partial charge in [-0.1, -0.05) is 15.9 Å². The van der Waals surface area contributed by atoms with Gasteiger partial charge in [-0.15, -0.1) is 0 Å². The van der Waals surface area contributed by atoms with Gasteiger partial charge in [0.25, 0.3) is 0 Å². The molecule has 2 aromatic rings. The summed E-state index contributed by atoms with van der Waals surface area (Å²) >= 11 is 6.60. The fourth-order valence-electron chi connectivity index (χ4n) is 1.53. The summed E-state index contributed by atoms with van der Waals surface area (Å²) in [5, 5.41) is 22.7. The predicted molar refractivity (Wildman–Crippen MR) is 83.0 cm³/mol. The van der Waals surface area contributed by atoms with Gasteiger partial charge in [0.2, 0.25) is 5.82 Å². The molecule has 0 saturated carbocycles. The molecule has 0 aliphatic carbocycles.